The van der Waals surface area contributed by atoms with Gasteiger partial charge in [-0.05, 0) is 12.1 Å². The molecule has 1 aromatic heterocycles. The van der Waals surface area contributed by atoms with Crippen molar-refractivity contribution in [3.63, 3.8) is 0 Å². The molecule has 0 fully saturated rings. The van der Waals surface area contributed by atoms with E-state index in [9.17, 15) is 4.79 Å². The van der Waals surface area contributed by atoms with E-state index in [1.807, 2.05) is 13.0 Å². The molecule has 5 heteroatoms. The van der Waals surface area contributed by atoms with Gasteiger partial charge in [0.2, 0.25) is 6.08 Å². The first-order chi connectivity index (χ1) is 7.85. The average Bonchev–Trinajstić information content (AvgIpc) is 2.79. The number of rotatable bonds is 3. The first-order valence-corrected chi connectivity index (χ1v) is 4.85. The van der Waals surface area contributed by atoms with Crippen LogP contribution in [0.5, 0.6) is 0 Å². The molecule has 0 atom stereocenters. The lowest BCUT2D eigenvalue weighted by Crippen LogP contribution is -1.82. The Morgan fingerprint density at radius 3 is 2.94 bits per heavy atom. The Morgan fingerprint density at radius 2 is 2.25 bits per heavy atom. The third-order valence-electron chi connectivity index (χ3n) is 2.08. The first kappa shape index (κ1) is 10.3. The van der Waals surface area contributed by atoms with Gasteiger partial charge in [-0.3, -0.25) is 0 Å². The van der Waals surface area contributed by atoms with Crippen LogP contribution in [0.1, 0.15) is 12.7 Å². The summed E-state index contributed by atoms with van der Waals surface area (Å²) in [5, 5.41) is 3.79. The number of benzene rings is 1. The fraction of sp³-hybridized carbons (Fsp3) is 0.182. The zero-order chi connectivity index (χ0) is 11.4. The van der Waals surface area contributed by atoms with Crippen LogP contribution in [0.2, 0.25) is 0 Å². The molecular formula is C11H9N3O2. The fourth-order valence-corrected chi connectivity index (χ4v) is 1.31. The maximum absolute atomic E-state index is 10.3. The van der Waals surface area contributed by atoms with Crippen LogP contribution in [-0.2, 0) is 11.2 Å². The fourth-order valence-electron chi connectivity index (χ4n) is 1.31. The molecule has 80 valence electrons. The number of isocyanates is 1. The van der Waals surface area contributed by atoms with Crippen LogP contribution < -0.4 is 0 Å². The summed E-state index contributed by atoms with van der Waals surface area (Å²) in [6.45, 7) is 1.93. The molecule has 0 unspecified atom stereocenters. The van der Waals surface area contributed by atoms with Gasteiger partial charge in [-0.1, -0.05) is 24.2 Å². The highest BCUT2D eigenvalue weighted by atomic mass is 16.5. The molecule has 1 aromatic carbocycles. The van der Waals surface area contributed by atoms with Crippen LogP contribution in [0, 0.1) is 0 Å². The van der Waals surface area contributed by atoms with Gasteiger partial charge in [0.25, 0.3) is 5.89 Å². The maximum atomic E-state index is 10.3. The molecule has 0 spiro atoms. The van der Waals surface area contributed by atoms with E-state index in [1.165, 1.54) is 6.08 Å². The number of nitrogens with zero attached hydrogens (tertiary/aromatic N) is 3. The van der Waals surface area contributed by atoms with Crippen molar-refractivity contribution in [3.8, 4) is 11.5 Å². The minimum atomic E-state index is 0.367. The van der Waals surface area contributed by atoms with Crippen LogP contribution in [-0.4, -0.2) is 16.2 Å². The highest BCUT2D eigenvalue weighted by Gasteiger charge is 2.11. The van der Waals surface area contributed by atoms with Crippen LogP contribution in [0.15, 0.2) is 33.8 Å². The van der Waals surface area contributed by atoms with E-state index in [-0.39, 0.29) is 0 Å². The van der Waals surface area contributed by atoms with E-state index in [0.29, 0.717) is 29.4 Å². The van der Waals surface area contributed by atoms with Crippen LogP contribution in [0.4, 0.5) is 5.69 Å². The summed E-state index contributed by atoms with van der Waals surface area (Å²) in [5.41, 5.74) is 1.11. The summed E-state index contributed by atoms with van der Waals surface area (Å²) in [7, 11) is 0. The molecule has 16 heavy (non-hydrogen) atoms. The molecule has 2 rings (SSSR count). The molecule has 0 aliphatic heterocycles. The summed E-state index contributed by atoms with van der Waals surface area (Å²) in [6, 6.07) is 7.05. The molecular weight excluding hydrogens is 206 g/mol. The highest BCUT2D eigenvalue weighted by molar-refractivity contribution is 5.71. The minimum Gasteiger partial charge on any atom is -0.334 e. The second-order valence-electron chi connectivity index (χ2n) is 3.09. The SMILES string of the molecule is CCc1noc(-c2ccccc2N=C=O)n1. The van der Waals surface area contributed by atoms with E-state index < -0.39 is 0 Å². The summed E-state index contributed by atoms with van der Waals surface area (Å²) in [5.74, 6) is 0.992. The van der Waals surface area contributed by atoms with E-state index in [2.05, 4.69) is 15.1 Å². The molecule has 2 aromatic rings. The number of carbonyl (C=O) groups excluding carboxylic acids is 1. The van der Waals surface area contributed by atoms with Crippen LogP contribution in [0.3, 0.4) is 0 Å². The Balaban J connectivity index is 2.50. The normalized spacial score (nSPS) is 9.81. The monoisotopic (exact) mass is 215 g/mol. The smallest absolute Gasteiger partial charge is 0.260 e. The lowest BCUT2D eigenvalue weighted by atomic mass is 10.2. The summed E-state index contributed by atoms with van der Waals surface area (Å²) >= 11 is 0. The molecule has 0 aliphatic rings. The number of aliphatic imine (C=N–C) groups is 1. The molecule has 5 nitrogen and oxygen atoms in total. The van der Waals surface area contributed by atoms with Crippen molar-refractivity contribution >= 4 is 11.8 Å². The maximum Gasteiger partial charge on any atom is 0.260 e. The molecule has 0 radical (unpaired) electrons. The number of para-hydroxylation sites is 1. The Kier molecular flexibility index (Phi) is 2.89. The second kappa shape index (κ2) is 4.51. The predicted molar refractivity (Wildman–Crippen MR) is 56.9 cm³/mol. The summed E-state index contributed by atoms with van der Waals surface area (Å²) in [6.07, 6.45) is 2.20. The van der Waals surface area contributed by atoms with Gasteiger partial charge in [0.05, 0.1) is 11.3 Å². The van der Waals surface area contributed by atoms with Gasteiger partial charge in [0.1, 0.15) is 0 Å². The van der Waals surface area contributed by atoms with Crippen molar-refractivity contribution in [2.45, 2.75) is 13.3 Å². The zero-order valence-electron chi connectivity index (χ0n) is 8.67. The van der Waals surface area contributed by atoms with Crippen molar-refractivity contribution in [1.82, 2.24) is 10.1 Å². The van der Waals surface area contributed by atoms with E-state index in [4.69, 9.17) is 4.52 Å². The largest absolute Gasteiger partial charge is 0.334 e. The quantitative estimate of drug-likeness (QED) is 0.581. The average molecular weight is 215 g/mol. The van der Waals surface area contributed by atoms with Crippen molar-refractivity contribution in [2.75, 3.05) is 0 Å². The number of aromatic nitrogens is 2. The van der Waals surface area contributed by atoms with Crippen LogP contribution >= 0.6 is 0 Å². The number of hydrogen-bond acceptors (Lipinski definition) is 5. The number of hydrogen-bond donors (Lipinski definition) is 0. The topological polar surface area (TPSA) is 68.3 Å². The third-order valence-corrected chi connectivity index (χ3v) is 2.08. The Hall–Kier alpha value is -2.26. The molecule has 0 N–H and O–H groups in total. The third kappa shape index (κ3) is 1.89. The zero-order valence-corrected chi connectivity index (χ0v) is 8.67. The van der Waals surface area contributed by atoms with Gasteiger partial charge in [-0.15, -0.1) is 0 Å². The van der Waals surface area contributed by atoms with E-state index in [1.54, 1.807) is 18.2 Å². The predicted octanol–water partition coefficient (Wildman–Crippen LogP) is 2.27. The van der Waals surface area contributed by atoms with Crippen molar-refractivity contribution < 1.29 is 9.32 Å². The Labute approximate surface area is 91.8 Å². The van der Waals surface area contributed by atoms with Gasteiger partial charge < -0.3 is 4.52 Å². The van der Waals surface area contributed by atoms with Gasteiger partial charge in [0.15, 0.2) is 5.82 Å². The summed E-state index contributed by atoms with van der Waals surface area (Å²) in [4.78, 5) is 18.0. The van der Waals surface area contributed by atoms with Crippen molar-refractivity contribution in [3.05, 3.63) is 30.1 Å². The lowest BCUT2D eigenvalue weighted by molar-refractivity contribution is 0.423. The van der Waals surface area contributed by atoms with Crippen LogP contribution in [0.25, 0.3) is 11.5 Å². The van der Waals surface area contributed by atoms with Gasteiger partial charge in [-0.25, -0.2) is 4.79 Å². The lowest BCUT2D eigenvalue weighted by Gasteiger charge is -1.96. The van der Waals surface area contributed by atoms with Gasteiger partial charge in [0, 0.05) is 6.42 Å². The summed E-state index contributed by atoms with van der Waals surface area (Å²) < 4.78 is 5.08. The molecule has 1 heterocycles. The van der Waals surface area contributed by atoms with Crippen molar-refractivity contribution in [1.29, 1.82) is 0 Å². The Bertz CT molecular complexity index is 542. The highest BCUT2D eigenvalue weighted by Crippen LogP contribution is 2.28. The van der Waals surface area contributed by atoms with E-state index >= 15 is 0 Å². The van der Waals surface area contributed by atoms with Crippen molar-refractivity contribution in [2.24, 2.45) is 4.99 Å². The number of aryl methyl sites for hydroxylation is 1. The Morgan fingerprint density at radius 1 is 1.44 bits per heavy atom. The standard InChI is InChI=1S/C11H9N3O2/c1-2-10-13-11(16-14-10)8-5-3-4-6-9(8)12-7-15/h3-6H,2H2,1H3. The minimum absolute atomic E-state index is 0.367. The molecule has 0 bridgehead atoms. The van der Waals surface area contributed by atoms with Gasteiger partial charge >= 0.3 is 0 Å². The molecule has 0 saturated heterocycles. The van der Waals surface area contributed by atoms with E-state index in [0.717, 1.165) is 0 Å². The molecule has 0 amide bonds. The van der Waals surface area contributed by atoms with Gasteiger partial charge in [-0.2, -0.15) is 9.98 Å². The molecule has 0 aliphatic carbocycles. The second-order valence-corrected chi connectivity index (χ2v) is 3.09. The molecule has 0 saturated carbocycles. The first-order valence-electron chi connectivity index (χ1n) is 4.85.